The smallest absolute Gasteiger partial charge is 0.275 e. The second-order valence-corrected chi connectivity index (χ2v) is 9.27. The number of carbonyl (C=O) groups is 1. The van der Waals surface area contributed by atoms with E-state index in [4.69, 9.17) is 27.3 Å². The third kappa shape index (κ3) is 4.92. The first-order chi connectivity index (χ1) is 15.0. The zero-order chi connectivity index (χ0) is 22.0. The lowest BCUT2D eigenvalue weighted by Crippen LogP contribution is -2.14. The van der Waals surface area contributed by atoms with Crippen LogP contribution in [-0.4, -0.2) is 27.3 Å². The molecule has 5 N–H and O–H groups in total. The van der Waals surface area contributed by atoms with Crippen LogP contribution in [0.3, 0.4) is 0 Å². The predicted octanol–water partition coefficient (Wildman–Crippen LogP) is 5.10. The van der Waals surface area contributed by atoms with Crippen molar-refractivity contribution in [2.75, 3.05) is 15.8 Å². The Labute approximate surface area is 192 Å². The van der Waals surface area contributed by atoms with E-state index >= 15 is 0 Å². The number of nitrogens with two attached hydrogens (primary N) is 1. The lowest BCUT2D eigenvalue weighted by atomic mass is 10.0. The Bertz CT molecular complexity index is 1150. The minimum absolute atomic E-state index is 0.273. The van der Waals surface area contributed by atoms with Crippen molar-refractivity contribution in [3.8, 4) is 17.0 Å². The molecule has 8 nitrogen and oxygen atoms in total. The van der Waals surface area contributed by atoms with Gasteiger partial charge in [-0.3, -0.25) is 4.79 Å². The van der Waals surface area contributed by atoms with Crippen LogP contribution in [0.15, 0.2) is 29.8 Å². The average Bonchev–Trinajstić information content (AvgIpc) is 3.49. The highest BCUT2D eigenvalue weighted by molar-refractivity contribution is 8.01. The van der Waals surface area contributed by atoms with Gasteiger partial charge in [0.1, 0.15) is 23.2 Å². The fraction of sp³-hybridized carbons (Fsp3) is 0.200. The van der Waals surface area contributed by atoms with Crippen LogP contribution in [0.4, 0.5) is 17.1 Å². The molecule has 0 bridgehead atoms. The molecule has 31 heavy (non-hydrogen) atoms. The SMILES string of the molecule is Cc1nc(C(=O)Nc2cc(-c3cnc(OCl)c(NSC4CC4)c3)cc(N)c2C=N)cs1. The summed E-state index contributed by atoms with van der Waals surface area (Å²) in [5.74, 6) is -0.0914. The lowest BCUT2D eigenvalue weighted by molar-refractivity contribution is 0.102. The van der Waals surface area contributed by atoms with Gasteiger partial charge in [-0.05, 0) is 55.5 Å². The molecule has 4 rings (SSSR count). The van der Waals surface area contributed by atoms with Crippen LogP contribution in [0.25, 0.3) is 11.1 Å². The van der Waals surface area contributed by atoms with Gasteiger partial charge in [0.25, 0.3) is 11.8 Å². The molecule has 1 aromatic carbocycles. The van der Waals surface area contributed by atoms with Crippen molar-refractivity contribution in [3.05, 3.63) is 46.0 Å². The molecule has 3 aromatic rings. The van der Waals surface area contributed by atoms with E-state index in [0.717, 1.165) is 22.3 Å². The predicted molar refractivity (Wildman–Crippen MR) is 127 cm³/mol. The monoisotopic (exact) mass is 474 g/mol. The zero-order valence-corrected chi connectivity index (χ0v) is 18.8. The second-order valence-electron chi connectivity index (χ2n) is 6.95. The number of rotatable bonds is 8. The molecule has 0 unspecified atom stereocenters. The Kier molecular flexibility index (Phi) is 6.30. The molecule has 1 aliphatic rings. The van der Waals surface area contributed by atoms with Crippen LogP contribution in [0, 0.1) is 12.3 Å². The third-order valence-corrected chi connectivity index (χ3v) is 6.64. The number of carbonyl (C=O) groups excluding carboxylic acids is 1. The maximum absolute atomic E-state index is 12.6. The summed E-state index contributed by atoms with van der Waals surface area (Å²) < 4.78 is 8.09. The summed E-state index contributed by atoms with van der Waals surface area (Å²) >= 11 is 8.55. The van der Waals surface area contributed by atoms with Crippen molar-refractivity contribution < 1.29 is 9.08 Å². The molecule has 1 aliphatic carbocycles. The highest BCUT2D eigenvalue weighted by atomic mass is 35.5. The minimum Gasteiger partial charge on any atom is -0.398 e. The summed E-state index contributed by atoms with van der Waals surface area (Å²) in [5, 5.41) is 13.6. The molecule has 0 radical (unpaired) electrons. The maximum Gasteiger partial charge on any atom is 0.275 e. The van der Waals surface area contributed by atoms with Gasteiger partial charge in [0.2, 0.25) is 0 Å². The first-order valence-corrected chi connectivity index (χ1v) is 11.4. The summed E-state index contributed by atoms with van der Waals surface area (Å²) in [6, 6.07) is 5.34. The quantitative estimate of drug-likeness (QED) is 0.203. The molecular formula is C20H19ClN6O2S2. The number of hydrogen-bond donors (Lipinski definition) is 4. The number of amides is 1. The molecule has 0 aliphatic heterocycles. The van der Waals surface area contributed by atoms with Crippen molar-refractivity contribution in [2.24, 2.45) is 0 Å². The molecule has 2 aromatic heterocycles. The van der Waals surface area contributed by atoms with Gasteiger partial charge in [0.05, 0.1) is 10.7 Å². The first kappa shape index (κ1) is 21.4. The number of halogens is 1. The van der Waals surface area contributed by atoms with E-state index < -0.39 is 0 Å². The van der Waals surface area contributed by atoms with E-state index in [1.54, 1.807) is 35.7 Å². The van der Waals surface area contributed by atoms with E-state index in [2.05, 4.69) is 20.0 Å². The molecule has 2 heterocycles. The fourth-order valence-electron chi connectivity index (χ4n) is 2.84. The van der Waals surface area contributed by atoms with E-state index in [-0.39, 0.29) is 11.8 Å². The molecule has 1 fully saturated rings. The van der Waals surface area contributed by atoms with Crippen molar-refractivity contribution in [1.29, 1.82) is 5.41 Å². The topological polar surface area (TPSA) is 126 Å². The summed E-state index contributed by atoms with van der Waals surface area (Å²) in [7, 11) is 0. The van der Waals surface area contributed by atoms with Crippen molar-refractivity contribution in [3.63, 3.8) is 0 Å². The number of thiazole rings is 1. The molecular weight excluding hydrogens is 456 g/mol. The maximum atomic E-state index is 12.6. The van der Waals surface area contributed by atoms with Crippen molar-refractivity contribution in [2.45, 2.75) is 25.0 Å². The number of nitrogens with zero attached hydrogens (tertiary/aromatic N) is 2. The summed E-state index contributed by atoms with van der Waals surface area (Å²) in [6.45, 7) is 1.83. The fourth-order valence-corrected chi connectivity index (χ4v) is 4.37. The largest absolute Gasteiger partial charge is 0.398 e. The molecule has 0 spiro atoms. The van der Waals surface area contributed by atoms with E-state index in [9.17, 15) is 4.79 Å². The summed E-state index contributed by atoms with van der Waals surface area (Å²) in [4.78, 5) is 21.1. The summed E-state index contributed by atoms with van der Waals surface area (Å²) in [5.41, 5.74) is 9.81. The molecule has 0 saturated heterocycles. The van der Waals surface area contributed by atoms with Crippen molar-refractivity contribution >= 4 is 64.3 Å². The van der Waals surface area contributed by atoms with Crippen LogP contribution >= 0.6 is 35.2 Å². The van der Waals surface area contributed by atoms with E-state index in [1.807, 2.05) is 13.0 Å². The molecule has 11 heteroatoms. The van der Waals surface area contributed by atoms with E-state index in [1.165, 1.54) is 24.2 Å². The number of aromatic nitrogens is 2. The standard InChI is InChI=1S/C20H19ClN6O2S2/c1-10-25-18(9-30-10)19(28)26-16-5-11(4-15(23)14(16)7-22)12-6-17(20(29-21)24-8-12)27-31-13-2-3-13/h4-9,13,22,27H,2-3,23H2,1H3,(H,26,28). The second kappa shape index (κ2) is 9.13. The number of nitrogens with one attached hydrogen (secondary N) is 3. The highest BCUT2D eigenvalue weighted by Crippen LogP contribution is 2.38. The van der Waals surface area contributed by atoms with Gasteiger partial charge in [0.15, 0.2) is 0 Å². The molecule has 0 atom stereocenters. The van der Waals surface area contributed by atoms with Crippen LogP contribution in [0.2, 0.25) is 0 Å². The number of pyridine rings is 1. The number of nitrogen functional groups attached to an aromatic ring is 1. The van der Waals surface area contributed by atoms with Gasteiger partial charge in [-0.25, -0.2) is 9.97 Å². The lowest BCUT2D eigenvalue weighted by Gasteiger charge is -2.14. The molecule has 160 valence electrons. The van der Waals surface area contributed by atoms with Gasteiger partial charge < -0.3 is 25.5 Å². The summed E-state index contributed by atoms with van der Waals surface area (Å²) in [6.07, 6.45) is 5.07. The normalized spacial score (nSPS) is 13.0. The minimum atomic E-state index is -0.365. The van der Waals surface area contributed by atoms with Gasteiger partial charge in [-0.2, -0.15) is 0 Å². The average molecular weight is 475 g/mol. The van der Waals surface area contributed by atoms with Gasteiger partial charge in [-0.1, -0.05) is 0 Å². The van der Waals surface area contributed by atoms with Gasteiger partial charge in [-0.15, -0.1) is 11.3 Å². The van der Waals surface area contributed by atoms with E-state index in [0.29, 0.717) is 33.6 Å². The number of aryl methyl sites for hydroxylation is 1. The molecule has 1 amide bonds. The van der Waals surface area contributed by atoms with Crippen molar-refractivity contribution in [1.82, 2.24) is 9.97 Å². The Morgan fingerprint density at radius 1 is 1.35 bits per heavy atom. The third-order valence-electron chi connectivity index (χ3n) is 4.57. The Morgan fingerprint density at radius 3 is 2.77 bits per heavy atom. The van der Waals surface area contributed by atoms with Gasteiger partial charge >= 0.3 is 0 Å². The van der Waals surface area contributed by atoms with Crippen LogP contribution in [0.1, 0.15) is 33.9 Å². The number of anilines is 3. The van der Waals surface area contributed by atoms with Crippen LogP contribution in [-0.2, 0) is 0 Å². The highest BCUT2D eigenvalue weighted by Gasteiger charge is 2.23. The number of hydrogen-bond acceptors (Lipinski definition) is 9. The Balaban J connectivity index is 1.67. The Morgan fingerprint density at radius 2 is 2.13 bits per heavy atom. The number of benzene rings is 1. The first-order valence-electron chi connectivity index (χ1n) is 9.36. The van der Waals surface area contributed by atoms with Gasteiger partial charge in [0, 0.05) is 39.9 Å². The van der Waals surface area contributed by atoms with Crippen LogP contribution < -0.4 is 20.1 Å². The van der Waals surface area contributed by atoms with Crippen LogP contribution in [0.5, 0.6) is 5.88 Å². The molecule has 1 saturated carbocycles. The Hall–Kier alpha value is -2.82. The zero-order valence-electron chi connectivity index (χ0n) is 16.4.